The molecule has 0 aliphatic carbocycles. The smallest absolute Gasteiger partial charge is 0.251 e. The number of amides is 1. The van der Waals surface area contributed by atoms with Gasteiger partial charge in [0.25, 0.3) is 5.91 Å². The topological polar surface area (TPSA) is 88.4 Å². The number of carbonyl (C=O) groups is 1. The predicted molar refractivity (Wildman–Crippen MR) is 88.3 cm³/mol. The van der Waals surface area contributed by atoms with Crippen molar-refractivity contribution < 1.29 is 19.0 Å². The van der Waals surface area contributed by atoms with Crippen molar-refractivity contribution in [2.24, 2.45) is 7.05 Å². The number of benzene rings is 1. The molecule has 3 rings (SSSR count). The number of aliphatic hydroxyl groups is 1. The van der Waals surface area contributed by atoms with Crippen LogP contribution < -0.4 is 10.6 Å². The lowest BCUT2D eigenvalue weighted by atomic mass is 10.1. The Bertz CT molecular complexity index is 719. The van der Waals surface area contributed by atoms with Gasteiger partial charge >= 0.3 is 0 Å². The Morgan fingerprint density at radius 3 is 2.88 bits per heavy atom. The Labute approximate surface area is 144 Å². The van der Waals surface area contributed by atoms with E-state index in [1.165, 1.54) is 24.3 Å². The highest BCUT2D eigenvalue weighted by Crippen LogP contribution is 2.14. The number of halogens is 1. The second-order valence-corrected chi connectivity index (χ2v) is 6.02. The molecule has 8 heteroatoms. The molecule has 7 nitrogen and oxygen atoms in total. The van der Waals surface area contributed by atoms with Crippen LogP contribution in [0, 0.1) is 5.82 Å². The Morgan fingerprint density at radius 2 is 2.20 bits per heavy atom. The van der Waals surface area contributed by atoms with Gasteiger partial charge in [0.05, 0.1) is 25.3 Å². The van der Waals surface area contributed by atoms with E-state index in [0.717, 1.165) is 5.82 Å². The van der Waals surface area contributed by atoms with Crippen LogP contribution in [0.15, 0.2) is 36.7 Å². The quantitative estimate of drug-likeness (QED) is 0.694. The third-order valence-corrected chi connectivity index (χ3v) is 4.30. The molecule has 1 amide bonds. The van der Waals surface area contributed by atoms with Crippen LogP contribution in [-0.2, 0) is 18.3 Å². The molecular weight excluding hydrogens is 327 g/mol. The van der Waals surface area contributed by atoms with Crippen molar-refractivity contribution >= 4 is 5.91 Å². The minimum Gasteiger partial charge on any atom is -0.389 e. The highest BCUT2D eigenvalue weighted by atomic mass is 19.1. The fraction of sp³-hybridized carbons (Fsp3) is 0.412. The number of hydrogen-bond donors (Lipinski definition) is 3. The molecule has 1 aliphatic rings. The molecule has 1 fully saturated rings. The summed E-state index contributed by atoms with van der Waals surface area (Å²) < 4.78 is 20.3. The van der Waals surface area contributed by atoms with E-state index in [4.69, 9.17) is 4.74 Å². The SMILES string of the molecule is Cn1ccnc1CNC1COC(CNC(=O)c2ccc(F)cc2)C1O. The summed E-state index contributed by atoms with van der Waals surface area (Å²) in [5.74, 6) is 0.133. The molecule has 2 aromatic rings. The molecule has 0 saturated carbocycles. The van der Waals surface area contributed by atoms with Gasteiger partial charge in [-0.2, -0.15) is 0 Å². The zero-order valence-electron chi connectivity index (χ0n) is 13.9. The van der Waals surface area contributed by atoms with Crippen molar-refractivity contribution in [2.75, 3.05) is 13.2 Å². The lowest BCUT2D eigenvalue weighted by molar-refractivity contribution is 0.0398. The van der Waals surface area contributed by atoms with E-state index in [2.05, 4.69) is 15.6 Å². The Hall–Kier alpha value is -2.29. The van der Waals surface area contributed by atoms with Gasteiger partial charge in [0.1, 0.15) is 17.7 Å². The number of ether oxygens (including phenoxy) is 1. The van der Waals surface area contributed by atoms with Gasteiger partial charge in [-0.05, 0) is 24.3 Å². The monoisotopic (exact) mass is 348 g/mol. The number of imidazole rings is 1. The molecule has 0 bridgehead atoms. The molecule has 3 unspecified atom stereocenters. The van der Waals surface area contributed by atoms with Gasteiger partial charge in [-0.1, -0.05) is 0 Å². The van der Waals surface area contributed by atoms with E-state index in [-0.39, 0.29) is 18.5 Å². The van der Waals surface area contributed by atoms with Gasteiger partial charge in [0, 0.05) is 31.5 Å². The average molecular weight is 348 g/mol. The molecule has 1 saturated heterocycles. The average Bonchev–Trinajstić information content (AvgIpc) is 3.17. The molecule has 1 aromatic carbocycles. The summed E-state index contributed by atoms with van der Waals surface area (Å²) in [5, 5.41) is 16.3. The number of aliphatic hydroxyl groups excluding tert-OH is 1. The molecule has 0 spiro atoms. The first kappa shape index (κ1) is 17.5. The highest BCUT2D eigenvalue weighted by Gasteiger charge is 2.35. The fourth-order valence-corrected chi connectivity index (χ4v) is 2.73. The minimum absolute atomic E-state index is 0.179. The highest BCUT2D eigenvalue weighted by molar-refractivity contribution is 5.94. The van der Waals surface area contributed by atoms with Crippen molar-refractivity contribution in [3.8, 4) is 0 Å². The number of aryl methyl sites for hydroxylation is 1. The summed E-state index contributed by atoms with van der Waals surface area (Å²) in [7, 11) is 1.90. The Kier molecular flexibility index (Phi) is 5.42. The number of carbonyl (C=O) groups excluding carboxylic acids is 1. The van der Waals surface area contributed by atoms with E-state index in [9.17, 15) is 14.3 Å². The van der Waals surface area contributed by atoms with Crippen LogP contribution in [0.1, 0.15) is 16.2 Å². The molecule has 3 atom stereocenters. The molecule has 2 heterocycles. The normalized spacial score (nSPS) is 22.9. The lowest BCUT2D eigenvalue weighted by Gasteiger charge is -2.19. The molecular formula is C17H21FN4O3. The zero-order valence-corrected chi connectivity index (χ0v) is 13.9. The number of aromatic nitrogens is 2. The van der Waals surface area contributed by atoms with E-state index < -0.39 is 18.0 Å². The van der Waals surface area contributed by atoms with E-state index >= 15 is 0 Å². The summed E-state index contributed by atoms with van der Waals surface area (Å²) in [6, 6.07) is 5.05. The van der Waals surface area contributed by atoms with Crippen LogP contribution in [0.5, 0.6) is 0 Å². The number of hydrogen-bond acceptors (Lipinski definition) is 5. The maximum Gasteiger partial charge on any atom is 0.251 e. The molecule has 3 N–H and O–H groups in total. The Morgan fingerprint density at radius 1 is 1.44 bits per heavy atom. The summed E-state index contributed by atoms with van der Waals surface area (Å²) in [6.07, 6.45) is 2.33. The third kappa shape index (κ3) is 4.22. The van der Waals surface area contributed by atoms with E-state index in [0.29, 0.717) is 18.7 Å². The molecule has 134 valence electrons. The zero-order chi connectivity index (χ0) is 17.8. The third-order valence-electron chi connectivity index (χ3n) is 4.30. The molecule has 1 aliphatic heterocycles. The number of nitrogens with zero attached hydrogens (tertiary/aromatic N) is 2. The van der Waals surface area contributed by atoms with Crippen LogP contribution in [0.3, 0.4) is 0 Å². The number of rotatable bonds is 6. The second-order valence-electron chi connectivity index (χ2n) is 6.02. The van der Waals surface area contributed by atoms with Crippen molar-refractivity contribution in [1.29, 1.82) is 0 Å². The summed E-state index contributed by atoms with van der Waals surface area (Å²) in [6.45, 7) is 1.05. The van der Waals surface area contributed by atoms with Gasteiger partial charge in [0.15, 0.2) is 0 Å². The van der Waals surface area contributed by atoms with Crippen molar-refractivity contribution in [1.82, 2.24) is 20.2 Å². The predicted octanol–water partition coefficient (Wildman–Crippen LogP) is 0.207. The van der Waals surface area contributed by atoms with Gasteiger partial charge in [-0.3, -0.25) is 4.79 Å². The minimum atomic E-state index is -0.742. The van der Waals surface area contributed by atoms with Gasteiger partial charge < -0.3 is 25.0 Å². The van der Waals surface area contributed by atoms with Gasteiger partial charge in [-0.25, -0.2) is 9.37 Å². The summed E-state index contributed by atoms with van der Waals surface area (Å²) in [5.41, 5.74) is 0.360. The van der Waals surface area contributed by atoms with Crippen molar-refractivity contribution in [3.63, 3.8) is 0 Å². The largest absolute Gasteiger partial charge is 0.389 e. The van der Waals surface area contributed by atoms with Gasteiger partial charge in [0.2, 0.25) is 0 Å². The van der Waals surface area contributed by atoms with Crippen LogP contribution in [0.4, 0.5) is 4.39 Å². The van der Waals surface area contributed by atoms with Crippen molar-refractivity contribution in [2.45, 2.75) is 24.8 Å². The van der Waals surface area contributed by atoms with Crippen LogP contribution in [0.2, 0.25) is 0 Å². The van der Waals surface area contributed by atoms with Gasteiger partial charge in [-0.15, -0.1) is 0 Å². The summed E-state index contributed by atoms with van der Waals surface area (Å²) in [4.78, 5) is 16.2. The van der Waals surface area contributed by atoms with E-state index in [1.54, 1.807) is 6.20 Å². The fourth-order valence-electron chi connectivity index (χ4n) is 2.73. The molecule has 25 heavy (non-hydrogen) atoms. The molecule has 0 radical (unpaired) electrons. The maximum absolute atomic E-state index is 12.9. The maximum atomic E-state index is 12.9. The standard InChI is InChI=1S/C17H21FN4O3/c1-22-7-6-19-15(22)9-20-13-10-25-14(16(13)23)8-21-17(24)11-2-4-12(18)5-3-11/h2-7,13-14,16,20,23H,8-10H2,1H3,(H,21,24). The first-order valence-electron chi connectivity index (χ1n) is 8.07. The second kappa shape index (κ2) is 7.73. The van der Waals surface area contributed by atoms with Crippen LogP contribution in [0.25, 0.3) is 0 Å². The van der Waals surface area contributed by atoms with Crippen LogP contribution >= 0.6 is 0 Å². The lowest BCUT2D eigenvalue weighted by Crippen LogP contribution is -2.44. The Balaban J connectivity index is 1.47. The first-order chi connectivity index (χ1) is 12.0. The van der Waals surface area contributed by atoms with E-state index in [1.807, 2.05) is 17.8 Å². The first-order valence-corrected chi connectivity index (χ1v) is 8.07. The molecule has 1 aromatic heterocycles. The van der Waals surface area contributed by atoms with Crippen molar-refractivity contribution in [3.05, 3.63) is 53.9 Å². The number of nitrogens with one attached hydrogen (secondary N) is 2. The van der Waals surface area contributed by atoms with Crippen LogP contribution in [-0.4, -0.2) is 52.0 Å². The summed E-state index contributed by atoms with van der Waals surface area (Å²) >= 11 is 0.